The molecule has 1 aliphatic rings. The summed E-state index contributed by atoms with van der Waals surface area (Å²) in [6, 6.07) is 6.21. The minimum absolute atomic E-state index is 0.152. The molecule has 2 aromatic heterocycles. The smallest absolute Gasteiger partial charge is 0.256 e. The van der Waals surface area contributed by atoms with E-state index in [0.717, 1.165) is 11.4 Å². The normalized spacial score (nSPS) is 14.5. The lowest BCUT2D eigenvalue weighted by Crippen LogP contribution is -2.34. The number of amides is 1. The Balaban J connectivity index is 1.52. The van der Waals surface area contributed by atoms with Crippen LogP contribution in [0.25, 0.3) is 11.3 Å². The van der Waals surface area contributed by atoms with Crippen LogP contribution in [0.5, 0.6) is 17.5 Å². The van der Waals surface area contributed by atoms with Crippen molar-refractivity contribution in [2.45, 2.75) is 26.4 Å². The van der Waals surface area contributed by atoms with Crippen LogP contribution in [0, 0.1) is 19.7 Å². The molecule has 9 heteroatoms. The predicted octanol–water partition coefficient (Wildman–Crippen LogP) is 3.05. The fraction of sp³-hybridized carbons (Fsp3) is 0.304. The second-order valence-corrected chi connectivity index (χ2v) is 7.41. The summed E-state index contributed by atoms with van der Waals surface area (Å²) < 4.78 is 30.8. The average Bonchev–Trinajstić information content (AvgIpc) is 3.24. The quantitative estimate of drug-likeness (QED) is 0.632. The highest BCUT2D eigenvalue weighted by molar-refractivity contribution is 5.96. The summed E-state index contributed by atoms with van der Waals surface area (Å²) in [5.41, 5.74) is 3.55. The van der Waals surface area contributed by atoms with E-state index in [2.05, 4.69) is 20.3 Å². The molecule has 166 valence electrons. The van der Waals surface area contributed by atoms with Gasteiger partial charge in [-0.25, -0.2) is 9.37 Å². The summed E-state index contributed by atoms with van der Waals surface area (Å²) in [7, 11) is 2.91. The van der Waals surface area contributed by atoms with Crippen molar-refractivity contribution in [3.8, 4) is 28.8 Å². The largest absolute Gasteiger partial charge is 0.487 e. The first kappa shape index (κ1) is 21.5. The summed E-state index contributed by atoms with van der Waals surface area (Å²) in [5, 5.41) is 2.81. The number of methoxy groups -OCH3 is 2. The molecule has 3 aromatic rings. The minimum Gasteiger partial charge on any atom is -0.487 e. The lowest BCUT2D eigenvalue weighted by Gasteiger charge is -2.15. The van der Waals surface area contributed by atoms with Crippen LogP contribution in [0.3, 0.4) is 0 Å². The molecule has 0 aliphatic carbocycles. The third-order valence-corrected chi connectivity index (χ3v) is 5.22. The van der Waals surface area contributed by atoms with Crippen molar-refractivity contribution < 1.29 is 23.4 Å². The van der Waals surface area contributed by atoms with E-state index in [1.165, 1.54) is 20.3 Å². The fourth-order valence-electron chi connectivity index (χ4n) is 3.62. The van der Waals surface area contributed by atoms with E-state index in [4.69, 9.17) is 14.2 Å². The molecule has 1 unspecified atom stereocenters. The Hall–Kier alpha value is -3.75. The van der Waals surface area contributed by atoms with E-state index in [9.17, 15) is 9.18 Å². The Morgan fingerprint density at radius 1 is 1.19 bits per heavy atom. The van der Waals surface area contributed by atoms with Crippen LogP contribution in [0.1, 0.15) is 27.3 Å². The van der Waals surface area contributed by atoms with Crippen molar-refractivity contribution >= 4 is 5.91 Å². The average molecular weight is 438 g/mol. The number of ether oxygens (including phenoxy) is 3. The number of aryl methyl sites for hydroxylation is 2. The van der Waals surface area contributed by atoms with Crippen LogP contribution < -0.4 is 19.5 Å². The highest BCUT2D eigenvalue weighted by Crippen LogP contribution is 2.40. The van der Waals surface area contributed by atoms with Gasteiger partial charge in [0.2, 0.25) is 11.8 Å². The van der Waals surface area contributed by atoms with Gasteiger partial charge < -0.3 is 19.5 Å². The number of hydrogen-bond acceptors (Lipinski definition) is 7. The summed E-state index contributed by atoms with van der Waals surface area (Å²) in [6.45, 7) is 3.88. The van der Waals surface area contributed by atoms with Crippen LogP contribution in [-0.4, -0.2) is 47.7 Å². The van der Waals surface area contributed by atoms with Gasteiger partial charge in [0.15, 0.2) is 0 Å². The van der Waals surface area contributed by atoms with Gasteiger partial charge in [0, 0.05) is 29.8 Å². The lowest BCUT2D eigenvalue weighted by molar-refractivity contribution is 0.0929. The van der Waals surface area contributed by atoms with E-state index in [1.54, 1.807) is 24.4 Å². The van der Waals surface area contributed by atoms with E-state index in [0.29, 0.717) is 34.9 Å². The monoisotopic (exact) mass is 438 g/mol. The van der Waals surface area contributed by atoms with Crippen LogP contribution in [0.2, 0.25) is 0 Å². The first-order chi connectivity index (χ1) is 15.4. The highest BCUT2D eigenvalue weighted by Gasteiger charge is 2.30. The van der Waals surface area contributed by atoms with Gasteiger partial charge >= 0.3 is 0 Å². The maximum atomic E-state index is 14.5. The van der Waals surface area contributed by atoms with Crippen LogP contribution in [0.15, 0.2) is 30.5 Å². The molecule has 0 saturated heterocycles. The molecule has 1 aliphatic heterocycles. The van der Waals surface area contributed by atoms with E-state index >= 15 is 0 Å². The van der Waals surface area contributed by atoms with Crippen LogP contribution in [0.4, 0.5) is 4.39 Å². The Kier molecular flexibility index (Phi) is 5.89. The molecule has 1 aromatic carbocycles. The third kappa shape index (κ3) is 4.05. The number of hydrogen-bond donors (Lipinski definition) is 1. The maximum Gasteiger partial charge on any atom is 0.256 e. The molecular formula is C23H23FN4O4. The van der Waals surface area contributed by atoms with Gasteiger partial charge in [-0.05, 0) is 32.0 Å². The van der Waals surface area contributed by atoms with Gasteiger partial charge in [-0.2, -0.15) is 4.98 Å². The Bertz CT molecular complexity index is 1180. The number of carbonyl (C=O) groups excluding carboxylic acids is 1. The van der Waals surface area contributed by atoms with Crippen molar-refractivity contribution in [3.05, 3.63) is 58.8 Å². The molecule has 0 bridgehead atoms. The van der Waals surface area contributed by atoms with E-state index in [-0.39, 0.29) is 29.7 Å². The molecular weight excluding hydrogens is 415 g/mol. The Labute approximate surface area is 184 Å². The molecule has 8 nitrogen and oxygen atoms in total. The van der Waals surface area contributed by atoms with Crippen molar-refractivity contribution in [3.63, 3.8) is 0 Å². The summed E-state index contributed by atoms with van der Waals surface area (Å²) in [5.74, 6) is 0.204. The first-order valence-corrected chi connectivity index (χ1v) is 10.1. The number of aromatic nitrogens is 3. The molecule has 0 fully saturated rings. The lowest BCUT2D eigenvalue weighted by atomic mass is 10.0. The van der Waals surface area contributed by atoms with Gasteiger partial charge in [0.25, 0.3) is 5.91 Å². The zero-order chi connectivity index (χ0) is 22.8. The fourth-order valence-corrected chi connectivity index (χ4v) is 3.62. The van der Waals surface area contributed by atoms with Gasteiger partial charge in [-0.1, -0.05) is 0 Å². The molecule has 0 saturated carbocycles. The van der Waals surface area contributed by atoms with E-state index in [1.807, 2.05) is 13.8 Å². The van der Waals surface area contributed by atoms with Crippen LogP contribution in [-0.2, 0) is 6.42 Å². The van der Waals surface area contributed by atoms with Crippen molar-refractivity contribution in [1.29, 1.82) is 0 Å². The number of nitrogens with one attached hydrogen (secondary N) is 1. The number of benzene rings is 1. The number of fused-ring (bicyclic) bond motifs is 1. The zero-order valence-corrected chi connectivity index (χ0v) is 18.2. The summed E-state index contributed by atoms with van der Waals surface area (Å²) in [6.07, 6.45) is 1.58. The van der Waals surface area contributed by atoms with Gasteiger partial charge in [0.1, 0.15) is 23.2 Å². The second-order valence-electron chi connectivity index (χ2n) is 7.41. The molecule has 1 atom stereocenters. The molecule has 4 rings (SSSR count). The number of halogens is 1. The number of pyridine rings is 1. The SMILES string of the molecule is COc1ccc(C(=O)NCC2Cc3c(F)ccc(-c4nc(C)cnc4C)c3O2)c(OC)n1. The molecule has 0 spiro atoms. The van der Waals surface area contributed by atoms with Crippen molar-refractivity contribution in [2.24, 2.45) is 0 Å². The summed E-state index contributed by atoms with van der Waals surface area (Å²) in [4.78, 5) is 25.7. The predicted molar refractivity (Wildman–Crippen MR) is 115 cm³/mol. The second kappa shape index (κ2) is 8.78. The van der Waals surface area contributed by atoms with Crippen molar-refractivity contribution in [1.82, 2.24) is 20.3 Å². The summed E-state index contributed by atoms with van der Waals surface area (Å²) >= 11 is 0. The Morgan fingerprint density at radius 2 is 2.00 bits per heavy atom. The molecule has 3 heterocycles. The van der Waals surface area contributed by atoms with Gasteiger partial charge in [-0.3, -0.25) is 9.78 Å². The molecule has 0 radical (unpaired) electrons. The van der Waals surface area contributed by atoms with Gasteiger partial charge in [-0.15, -0.1) is 0 Å². The third-order valence-electron chi connectivity index (χ3n) is 5.22. The first-order valence-electron chi connectivity index (χ1n) is 10.1. The number of nitrogens with zero attached hydrogens (tertiary/aromatic N) is 3. The topological polar surface area (TPSA) is 95.5 Å². The Morgan fingerprint density at radius 3 is 2.75 bits per heavy atom. The zero-order valence-electron chi connectivity index (χ0n) is 18.2. The number of rotatable bonds is 6. The highest BCUT2D eigenvalue weighted by atomic mass is 19.1. The minimum atomic E-state index is -0.431. The standard InChI is InChI=1S/C23H23FN4O4/c1-12-10-25-13(2)20(27-12)15-5-7-18(24)17-9-14(32-21(15)17)11-26-22(29)16-6-8-19(30-3)28-23(16)31-4/h5-8,10,14H,9,11H2,1-4H3,(H,26,29). The van der Waals surface area contributed by atoms with Crippen LogP contribution >= 0.6 is 0 Å². The maximum absolute atomic E-state index is 14.5. The van der Waals surface area contributed by atoms with E-state index < -0.39 is 6.10 Å². The number of carbonyl (C=O) groups is 1. The molecule has 1 amide bonds. The molecule has 32 heavy (non-hydrogen) atoms. The van der Waals surface area contributed by atoms with Crippen molar-refractivity contribution in [2.75, 3.05) is 20.8 Å². The van der Waals surface area contributed by atoms with Gasteiger partial charge in [0.05, 0.1) is 37.8 Å². The molecule has 1 N–H and O–H groups in total.